The number of rotatable bonds is 0. The number of hydrogen-bond acceptors (Lipinski definition) is 3. The molecular weight excluding hydrogens is 223 g/mol. The summed E-state index contributed by atoms with van der Waals surface area (Å²) in [5, 5.41) is 3.65. The summed E-state index contributed by atoms with van der Waals surface area (Å²) in [6.45, 7) is 0.591. The van der Waals surface area contributed by atoms with Crippen molar-refractivity contribution in [3.8, 4) is 0 Å². The van der Waals surface area contributed by atoms with Gasteiger partial charge in [0, 0.05) is 13.0 Å². The van der Waals surface area contributed by atoms with Crippen LogP contribution in [0.1, 0.15) is 16.8 Å². The highest BCUT2D eigenvalue weighted by Gasteiger charge is 2.23. The third kappa shape index (κ3) is 1.33. The molecule has 0 saturated heterocycles. The molecule has 1 aromatic carbocycles. The maximum Gasteiger partial charge on any atom is 0.168 e. The van der Waals surface area contributed by atoms with Gasteiger partial charge in [0.15, 0.2) is 5.78 Å². The summed E-state index contributed by atoms with van der Waals surface area (Å²) in [6, 6.07) is 1.55. The molecule has 3 N–H and O–H groups in total. The van der Waals surface area contributed by atoms with Crippen molar-refractivity contribution in [1.82, 2.24) is 0 Å². The number of hydrogen-bond donors (Lipinski definition) is 2. The van der Waals surface area contributed by atoms with E-state index in [4.69, 9.17) is 28.9 Å². The van der Waals surface area contributed by atoms with E-state index < -0.39 is 0 Å². The lowest BCUT2D eigenvalue weighted by Crippen LogP contribution is -2.19. The Morgan fingerprint density at radius 3 is 2.86 bits per heavy atom. The van der Waals surface area contributed by atoms with E-state index in [-0.39, 0.29) is 10.8 Å². The zero-order valence-electron chi connectivity index (χ0n) is 7.23. The predicted molar refractivity (Wildman–Crippen MR) is 58.3 cm³/mol. The second-order valence-electron chi connectivity index (χ2n) is 3.11. The Hall–Kier alpha value is -0.930. The van der Waals surface area contributed by atoms with Gasteiger partial charge in [0.1, 0.15) is 0 Å². The number of benzene rings is 1. The lowest BCUT2D eigenvalue weighted by atomic mass is 10.0. The Bertz CT molecular complexity index is 418. The van der Waals surface area contributed by atoms with Crippen molar-refractivity contribution in [1.29, 1.82) is 0 Å². The summed E-state index contributed by atoms with van der Waals surface area (Å²) >= 11 is 11.8. The Labute approximate surface area is 91.2 Å². The Balaban J connectivity index is 2.73. The van der Waals surface area contributed by atoms with Crippen LogP contribution < -0.4 is 11.1 Å². The third-order valence-electron chi connectivity index (χ3n) is 2.18. The average molecular weight is 231 g/mol. The van der Waals surface area contributed by atoms with Crippen LogP contribution in [-0.2, 0) is 0 Å². The van der Waals surface area contributed by atoms with Crippen LogP contribution >= 0.6 is 23.2 Å². The molecule has 0 spiro atoms. The van der Waals surface area contributed by atoms with E-state index in [9.17, 15) is 4.79 Å². The second-order valence-corrected chi connectivity index (χ2v) is 3.90. The minimum absolute atomic E-state index is 0.0158. The maximum absolute atomic E-state index is 11.6. The molecule has 0 saturated carbocycles. The normalized spacial score (nSPS) is 14.9. The first-order valence-corrected chi connectivity index (χ1v) is 4.91. The number of nitrogens with one attached hydrogen (secondary N) is 1. The molecule has 0 atom stereocenters. The molecule has 0 bridgehead atoms. The lowest BCUT2D eigenvalue weighted by molar-refractivity contribution is 0.0984. The molecule has 0 aromatic heterocycles. The van der Waals surface area contributed by atoms with Crippen molar-refractivity contribution in [3.05, 3.63) is 21.7 Å². The maximum atomic E-state index is 11.6. The van der Waals surface area contributed by atoms with Crippen LogP contribution in [0.2, 0.25) is 10.0 Å². The number of carbonyl (C=O) groups is 1. The van der Waals surface area contributed by atoms with Gasteiger partial charge in [0.2, 0.25) is 0 Å². The third-order valence-corrected chi connectivity index (χ3v) is 2.97. The van der Waals surface area contributed by atoms with Gasteiger partial charge in [0.25, 0.3) is 0 Å². The van der Waals surface area contributed by atoms with Crippen molar-refractivity contribution < 1.29 is 4.79 Å². The molecule has 2 rings (SSSR count). The molecule has 74 valence electrons. The Kier molecular flexibility index (Phi) is 2.29. The average Bonchev–Trinajstić information content (AvgIpc) is 2.14. The zero-order valence-corrected chi connectivity index (χ0v) is 8.74. The molecule has 1 aromatic rings. The molecular formula is C9H8Cl2N2O. The predicted octanol–water partition coefficient (Wildman–Crippen LogP) is 2.57. The zero-order chi connectivity index (χ0) is 10.3. The van der Waals surface area contributed by atoms with E-state index in [1.807, 2.05) is 0 Å². The van der Waals surface area contributed by atoms with Gasteiger partial charge in [-0.15, -0.1) is 0 Å². The molecule has 1 aliphatic heterocycles. The van der Waals surface area contributed by atoms with Crippen LogP contribution in [0.25, 0.3) is 0 Å². The molecule has 1 aliphatic rings. The van der Waals surface area contributed by atoms with Crippen LogP contribution in [0.15, 0.2) is 6.07 Å². The molecule has 14 heavy (non-hydrogen) atoms. The number of fused-ring (bicyclic) bond motifs is 1. The summed E-state index contributed by atoms with van der Waals surface area (Å²) < 4.78 is 0. The first kappa shape index (κ1) is 9.62. The van der Waals surface area contributed by atoms with Gasteiger partial charge in [-0.05, 0) is 6.07 Å². The largest absolute Gasteiger partial charge is 0.397 e. The van der Waals surface area contributed by atoms with Crippen molar-refractivity contribution in [2.24, 2.45) is 0 Å². The summed E-state index contributed by atoms with van der Waals surface area (Å²) in [5.74, 6) is -0.0158. The van der Waals surface area contributed by atoms with Crippen molar-refractivity contribution in [2.45, 2.75) is 6.42 Å². The standard InChI is InChI=1S/C9H8Cl2N2O/c10-4-3-5(12)9-7(8(4)11)6(14)1-2-13-9/h3,13H,1-2,12H2. The smallest absolute Gasteiger partial charge is 0.168 e. The quantitative estimate of drug-likeness (QED) is 0.674. The summed E-state index contributed by atoms with van der Waals surface area (Å²) in [6.07, 6.45) is 0.423. The Morgan fingerprint density at radius 2 is 2.14 bits per heavy atom. The molecule has 5 heteroatoms. The summed E-state index contributed by atoms with van der Waals surface area (Å²) in [4.78, 5) is 11.6. The molecule has 0 amide bonds. The highest BCUT2D eigenvalue weighted by molar-refractivity contribution is 6.45. The van der Waals surface area contributed by atoms with Gasteiger partial charge < -0.3 is 11.1 Å². The number of ketones is 1. The molecule has 1 heterocycles. The van der Waals surface area contributed by atoms with E-state index in [0.29, 0.717) is 34.9 Å². The minimum Gasteiger partial charge on any atom is -0.397 e. The van der Waals surface area contributed by atoms with Crippen LogP contribution in [0, 0.1) is 0 Å². The van der Waals surface area contributed by atoms with Gasteiger partial charge in [-0.25, -0.2) is 0 Å². The molecule has 3 nitrogen and oxygen atoms in total. The minimum atomic E-state index is -0.0158. The van der Waals surface area contributed by atoms with Gasteiger partial charge in [-0.2, -0.15) is 0 Å². The summed E-state index contributed by atoms with van der Waals surface area (Å²) in [5.41, 5.74) is 7.20. The van der Waals surface area contributed by atoms with E-state index in [1.165, 1.54) is 0 Å². The van der Waals surface area contributed by atoms with Crippen molar-refractivity contribution in [3.63, 3.8) is 0 Å². The second kappa shape index (κ2) is 3.33. The van der Waals surface area contributed by atoms with Gasteiger partial charge in [-0.1, -0.05) is 23.2 Å². The highest BCUT2D eigenvalue weighted by Crippen LogP contribution is 2.38. The van der Waals surface area contributed by atoms with Crippen molar-refractivity contribution in [2.75, 3.05) is 17.6 Å². The summed E-state index contributed by atoms with van der Waals surface area (Å²) in [7, 11) is 0. The lowest BCUT2D eigenvalue weighted by Gasteiger charge is -2.20. The van der Waals surface area contributed by atoms with Crippen LogP contribution in [0.5, 0.6) is 0 Å². The monoisotopic (exact) mass is 230 g/mol. The van der Waals surface area contributed by atoms with Crippen LogP contribution in [-0.4, -0.2) is 12.3 Å². The number of anilines is 2. The van der Waals surface area contributed by atoms with Gasteiger partial charge in [-0.3, -0.25) is 4.79 Å². The van der Waals surface area contributed by atoms with E-state index in [0.717, 1.165) is 0 Å². The Morgan fingerprint density at radius 1 is 1.43 bits per heavy atom. The first-order chi connectivity index (χ1) is 6.61. The fourth-order valence-electron chi connectivity index (χ4n) is 1.52. The SMILES string of the molecule is Nc1cc(Cl)c(Cl)c2c1NCCC2=O. The van der Waals surface area contributed by atoms with E-state index in [2.05, 4.69) is 5.32 Å². The van der Waals surface area contributed by atoms with Crippen LogP contribution in [0.3, 0.4) is 0 Å². The molecule has 0 radical (unpaired) electrons. The number of halogens is 2. The van der Waals surface area contributed by atoms with Gasteiger partial charge in [0.05, 0.1) is 27.0 Å². The van der Waals surface area contributed by atoms with Crippen molar-refractivity contribution >= 4 is 40.4 Å². The highest BCUT2D eigenvalue weighted by atomic mass is 35.5. The fraction of sp³-hybridized carbons (Fsp3) is 0.222. The molecule has 0 unspecified atom stereocenters. The van der Waals surface area contributed by atoms with E-state index in [1.54, 1.807) is 6.07 Å². The van der Waals surface area contributed by atoms with Gasteiger partial charge >= 0.3 is 0 Å². The number of Topliss-reactive ketones (excluding diaryl/α,β-unsaturated/α-hetero) is 1. The number of nitrogens with two attached hydrogens (primary N) is 1. The topological polar surface area (TPSA) is 55.1 Å². The van der Waals surface area contributed by atoms with Crippen LogP contribution in [0.4, 0.5) is 11.4 Å². The number of nitrogen functional groups attached to an aromatic ring is 1. The first-order valence-electron chi connectivity index (χ1n) is 4.16. The fourth-order valence-corrected chi connectivity index (χ4v) is 1.99. The molecule has 0 aliphatic carbocycles. The number of carbonyl (C=O) groups excluding carboxylic acids is 1. The molecule has 0 fully saturated rings. The van der Waals surface area contributed by atoms with E-state index >= 15 is 0 Å².